The van der Waals surface area contributed by atoms with Crippen molar-refractivity contribution in [3.05, 3.63) is 136 Å². The molecule has 1 atom stereocenters. The van der Waals surface area contributed by atoms with Gasteiger partial charge in [0.15, 0.2) is 0 Å². The second-order valence-electron chi connectivity index (χ2n) is 9.41. The number of hydrogen-bond donors (Lipinski definition) is 1. The molecule has 0 aliphatic carbocycles. The average Bonchev–Trinajstić information content (AvgIpc) is 2.88. The van der Waals surface area contributed by atoms with E-state index in [1.807, 2.05) is 93.6 Å². The first-order valence-corrected chi connectivity index (χ1v) is 14.0. The standard InChI is InChI=1S/C31H32N2O3S/c1-22-14-19-28(20-24(22)3)33(37(4,35)36)21-25-15-17-27(18-16-25)31(34)32-30(26-11-6-5-7-12-26)29-13-9-8-10-23(29)2/h5-20,30H,21H2,1-4H3,(H,32,34)/t30-/m1/s1. The van der Waals surface area contributed by atoms with Gasteiger partial charge in [-0.25, -0.2) is 8.42 Å². The highest BCUT2D eigenvalue weighted by Crippen LogP contribution is 2.26. The van der Waals surface area contributed by atoms with Gasteiger partial charge in [-0.1, -0.05) is 72.8 Å². The van der Waals surface area contributed by atoms with Gasteiger partial charge in [0.05, 0.1) is 24.5 Å². The molecule has 0 heterocycles. The molecule has 190 valence electrons. The molecule has 0 unspecified atom stereocenters. The molecule has 37 heavy (non-hydrogen) atoms. The maximum atomic E-state index is 13.3. The molecule has 1 amide bonds. The molecule has 1 N–H and O–H groups in total. The lowest BCUT2D eigenvalue weighted by atomic mass is 9.94. The van der Waals surface area contributed by atoms with Crippen molar-refractivity contribution in [2.75, 3.05) is 10.6 Å². The van der Waals surface area contributed by atoms with E-state index in [9.17, 15) is 13.2 Å². The quantitative estimate of drug-likeness (QED) is 0.310. The first-order chi connectivity index (χ1) is 17.6. The van der Waals surface area contributed by atoms with E-state index in [0.29, 0.717) is 11.3 Å². The second kappa shape index (κ2) is 11.0. The largest absolute Gasteiger partial charge is 0.341 e. The number of rotatable bonds is 8. The fourth-order valence-corrected chi connectivity index (χ4v) is 5.20. The van der Waals surface area contributed by atoms with Crippen LogP contribution in [0, 0.1) is 20.8 Å². The Hall–Kier alpha value is -3.90. The fourth-order valence-electron chi connectivity index (χ4n) is 4.32. The SMILES string of the molecule is Cc1ccc(N(Cc2ccc(C(=O)N[C@H](c3ccccc3)c3ccccc3C)cc2)S(C)(=O)=O)cc1C. The van der Waals surface area contributed by atoms with E-state index in [0.717, 1.165) is 33.4 Å². The lowest BCUT2D eigenvalue weighted by molar-refractivity contribution is 0.0943. The molecular weight excluding hydrogens is 480 g/mol. The molecule has 0 saturated heterocycles. The Bertz CT molecular complexity index is 1500. The van der Waals surface area contributed by atoms with Crippen LogP contribution in [-0.2, 0) is 16.6 Å². The van der Waals surface area contributed by atoms with Crippen molar-refractivity contribution in [2.45, 2.75) is 33.4 Å². The van der Waals surface area contributed by atoms with Crippen LogP contribution in [-0.4, -0.2) is 20.6 Å². The molecule has 4 aromatic carbocycles. The van der Waals surface area contributed by atoms with Gasteiger partial charge in [0, 0.05) is 5.56 Å². The molecule has 0 aromatic heterocycles. The maximum Gasteiger partial charge on any atom is 0.252 e. The molecule has 0 saturated carbocycles. The van der Waals surface area contributed by atoms with Gasteiger partial charge < -0.3 is 5.32 Å². The summed E-state index contributed by atoms with van der Waals surface area (Å²) in [4.78, 5) is 13.3. The summed E-state index contributed by atoms with van der Waals surface area (Å²) in [5, 5.41) is 3.18. The monoisotopic (exact) mass is 512 g/mol. The number of nitrogens with one attached hydrogen (secondary N) is 1. The Morgan fingerprint density at radius 3 is 2.05 bits per heavy atom. The third kappa shape index (κ3) is 6.27. The zero-order valence-corrected chi connectivity index (χ0v) is 22.4. The van der Waals surface area contributed by atoms with E-state index < -0.39 is 10.0 Å². The summed E-state index contributed by atoms with van der Waals surface area (Å²) in [6.45, 7) is 6.18. The first kappa shape index (κ1) is 26.2. The predicted molar refractivity (Wildman–Crippen MR) is 150 cm³/mol. The van der Waals surface area contributed by atoms with Gasteiger partial charge in [-0.3, -0.25) is 9.10 Å². The Labute approximate surface area is 219 Å². The van der Waals surface area contributed by atoms with Gasteiger partial charge in [0.25, 0.3) is 5.91 Å². The van der Waals surface area contributed by atoms with Gasteiger partial charge in [0.1, 0.15) is 0 Å². The van der Waals surface area contributed by atoms with E-state index in [2.05, 4.69) is 5.32 Å². The van der Waals surface area contributed by atoms with E-state index in [1.54, 1.807) is 24.3 Å². The lowest BCUT2D eigenvalue weighted by Gasteiger charge is -2.24. The minimum absolute atomic E-state index is 0.180. The highest BCUT2D eigenvalue weighted by atomic mass is 32.2. The number of anilines is 1. The molecule has 0 aliphatic heterocycles. The molecule has 5 nitrogen and oxygen atoms in total. The van der Waals surface area contributed by atoms with Crippen molar-refractivity contribution >= 4 is 21.6 Å². The molecule has 0 aliphatic rings. The van der Waals surface area contributed by atoms with Crippen molar-refractivity contribution in [1.29, 1.82) is 0 Å². The topological polar surface area (TPSA) is 66.5 Å². The van der Waals surface area contributed by atoms with Gasteiger partial charge in [-0.05, 0) is 78.4 Å². The summed E-state index contributed by atoms with van der Waals surface area (Å²) >= 11 is 0. The fraction of sp³-hybridized carbons (Fsp3) is 0.194. The minimum atomic E-state index is -3.50. The first-order valence-electron chi connectivity index (χ1n) is 12.2. The molecule has 6 heteroatoms. The van der Waals surface area contributed by atoms with Gasteiger partial charge in [-0.15, -0.1) is 0 Å². The summed E-state index contributed by atoms with van der Waals surface area (Å²) < 4.78 is 26.6. The van der Waals surface area contributed by atoms with Crippen LogP contribution in [0.3, 0.4) is 0 Å². The number of hydrogen-bond acceptors (Lipinski definition) is 3. The van der Waals surface area contributed by atoms with E-state index >= 15 is 0 Å². The van der Waals surface area contributed by atoms with Gasteiger partial charge in [0.2, 0.25) is 10.0 Å². The number of nitrogens with zero attached hydrogens (tertiary/aromatic N) is 1. The maximum absolute atomic E-state index is 13.3. The van der Waals surface area contributed by atoms with Crippen LogP contribution in [0.5, 0.6) is 0 Å². The number of amides is 1. The highest BCUT2D eigenvalue weighted by Gasteiger charge is 2.21. The van der Waals surface area contributed by atoms with Crippen molar-refractivity contribution in [2.24, 2.45) is 0 Å². The van der Waals surface area contributed by atoms with Crippen LogP contribution in [0.15, 0.2) is 97.1 Å². The second-order valence-corrected chi connectivity index (χ2v) is 11.3. The Morgan fingerprint density at radius 1 is 0.784 bits per heavy atom. The van der Waals surface area contributed by atoms with Gasteiger partial charge in [-0.2, -0.15) is 0 Å². The van der Waals surface area contributed by atoms with Crippen LogP contribution < -0.4 is 9.62 Å². The summed E-state index contributed by atoms with van der Waals surface area (Å²) in [6, 6.07) is 30.4. The molecule has 4 aromatic rings. The minimum Gasteiger partial charge on any atom is -0.341 e. The van der Waals surface area contributed by atoms with Crippen molar-refractivity contribution in [3.63, 3.8) is 0 Å². The molecule has 0 bridgehead atoms. The normalized spacial score (nSPS) is 12.1. The smallest absolute Gasteiger partial charge is 0.252 e. The van der Waals surface area contributed by atoms with Crippen LogP contribution in [0.2, 0.25) is 0 Å². The average molecular weight is 513 g/mol. The summed E-state index contributed by atoms with van der Waals surface area (Å²) in [5.41, 5.74) is 7.19. The molecule has 0 spiro atoms. The number of benzene rings is 4. The van der Waals surface area contributed by atoms with Crippen molar-refractivity contribution in [1.82, 2.24) is 5.32 Å². The third-order valence-corrected chi connectivity index (χ3v) is 7.77. The molecular formula is C31H32N2O3S. The Balaban J connectivity index is 1.56. The van der Waals surface area contributed by atoms with Crippen LogP contribution >= 0.6 is 0 Å². The number of sulfonamides is 1. The summed E-state index contributed by atoms with van der Waals surface area (Å²) in [6.07, 6.45) is 1.21. The van der Waals surface area contributed by atoms with Crippen LogP contribution in [0.25, 0.3) is 0 Å². The molecule has 0 fully saturated rings. The molecule has 4 rings (SSSR count). The third-order valence-electron chi connectivity index (χ3n) is 6.63. The molecule has 0 radical (unpaired) electrons. The van der Waals surface area contributed by atoms with Crippen molar-refractivity contribution in [3.8, 4) is 0 Å². The van der Waals surface area contributed by atoms with Crippen LogP contribution in [0.1, 0.15) is 49.8 Å². The zero-order chi connectivity index (χ0) is 26.6. The number of carbonyl (C=O) groups excluding carboxylic acids is 1. The van der Waals surface area contributed by atoms with Gasteiger partial charge >= 0.3 is 0 Å². The van der Waals surface area contributed by atoms with E-state index in [-0.39, 0.29) is 18.5 Å². The van der Waals surface area contributed by atoms with E-state index in [1.165, 1.54) is 10.6 Å². The number of carbonyl (C=O) groups is 1. The van der Waals surface area contributed by atoms with Crippen LogP contribution in [0.4, 0.5) is 5.69 Å². The van der Waals surface area contributed by atoms with Crippen molar-refractivity contribution < 1.29 is 13.2 Å². The number of aryl methyl sites for hydroxylation is 3. The summed E-state index contributed by atoms with van der Waals surface area (Å²) in [7, 11) is -3.50. The van der Waals surface area contributed by atoms with E-state index in [4.69, 9.17) is 0 Å². The Kier molecular flexibility index (Phi) is 7.79. The summed E-state index contributed by atoms with van der Waals surface area (Å²) in [5.74, 6) is -0.196. The lowest BCUT2D eigenvalue weighted by Crippen LogP contribution is -2.30. The predicted octanol–water partition coefficient (Wildman–Crippen LogP) is 6.10. The zero-order valence-electron chi connectivity index (χ0n) is 21.6. The highest BCUT2D eigenvalue weighted by molar-refractivity contribution is 7.92. The Morgan fingerprint density at radius 2 is 1.43 bits per heavy atom.